The van der Waals surface area contributed by atoms with Crippen LogP contribution in [-0.4, -0.2) is 30.4 Å². The fourth-order valence-electron chi connectivity index (χ4n) is 1.32. The zero-order chi connectivity index (χ0) is 12.1. The highest BCUT2D eigenvalue weighted by molar-refractivity contribution is 9.11. The number of nitrogens with two attached hydrogens (primary N) is 1. The number of halogens is 1. The Balaban J connectivity index is 2.34. The molecule has 3 nitrogen and oxygen atoms in total. The van der Waals surface area contributed by atoms with Crippen LogP contribution in [0, 0.1) is 0 Å². The molecule has 1 aromatic rings. The van der Waals surface area contributed by atoms with Crippen molar-refractivity contribution in [1.29, 1.82) is 0 Å². The molecule has 0 aliphatic carbocycles. The predicted molar refractivity (Wildman–Crippen MR) is 71.6 cm³/mol. The third kappa shape index (κ3) is 4.63. The monoisotopic (exact) mass is 304 g/mol. The molecule has 90 valence electrons. The third-order valence-corrected chi connectivity index (χ3v) is 3.93. The van der Waals surface area contributed by atoms with Gasteiger partial charge in [-0.25, -0.2) is 0 Å². The fourth-order valence-corrected chi connectivity index (χ4v) is 2.79. The number of likely N-dealkylation sites (N-methyl/N-ethyl adjacent to an activating group) is 1. The van der Waals surface area contributed by atoms with E-state index in [2.05, 4.69) is 22.0 Å². The summed E-state index contributed by atoms with van der Waals surface area (Å²) in [5.74, 6) is 0.116. The van der Waals surface area contributed by atoms with Crippen molar-refractivity contribution in [3.8, 4) is 0 Å². The van der Waals surface area contributed by atoms with E-state index in [-0.39, 0.29) is 11.9 Å². The van der Waals surface area contributed by atoms with Crippen molar-refractivity contribution >= 4 is 33.2 Å². The molecule has 1 amide bonds. The van der Waals surface area contributed by atoms with Crippen molar-refractivity contribution in [3.63, 3.8) is 0 Å². The van der Waals surface area contributed by atoms with E-state index in [1.807, 2.05) is 20.0 Å². The molecule has 16 heavy (non-hydrogen) atoms. The topological polar surface area (TPSA) is 46.3 Å². The Kier molecular flexibility index (Phi) is 5.44. The lowest BCUT2D eigenvalue weighted by molar-refractivity contribution is -0.130. The fraction of sp³-hybridized carbons (Fsp3) is 0.545. The molecule has 0 bridgehead atoms. The highest BCUT2D eigenvalue weighted by atomic mass is 79.9. The molecule has 1 rings (SSSR count). The van der Waals surface area contributed by atoms with E-state index in [0.717, 1.165) is 16.8 Å². The summed E-state index contributed by atoms with van der Waals surface area (Å²) in [6.07, 6.45) is 1.32. The summed E-state index contributed by atoms with van der Waals surface area (Å²) in [4.78, 5) is 14.7. The molecule has 2 N–H and O–H groups in total. The number of amides is 1. The van der Waals surface area contributed by atoms with Crippen LogP contribution in [0.15, 0.2) is 15.9 Å². The van der Waals surface area contributed by atoms with E-state index < -0.39 is 0 Å². The number of rotatable bonds is 5. The first-order valence-corrected chi connectivity index (χ1v) is 6.83. The second kappa shape index (κ2) is 6.37. The van der Waals surface area contributed by atoms with Gasteiger partial charge in [-0.05, 0) is 41.4 Å². The minimum absolute atomic E-state index is 0.0640. The number of hydrogen-bond donors (Lipinski definition) is 1. The number of hydrogen-bond acceptors (Lipinski definition) is 3. The Morgan fingerprint density at radius 2 is 2.31 bits per heavy atom. The molecule has 1 heterocycles. The van der Waals surface area contributed by atoms with Gasteiger partial charge < -0.3 is 10.6 Å². The summed E-state index contributed by atoms with van der Waals surface area (Å²) in [6, 6.07) is 4.05. The maximum atomic E-state index is 11.6. The summed E-state index contributed by atoms with van der Waals surface area (Å²) >= 11 is 5.13. The molecular weight excluding hydrogens is 288 g/mol. The average molecular weight is 305 g/mol. The predicted octanol–water partition coefficient (Wildman–Crippen LogP) is 2.25. The SMILES string of the molecule is CC(N)CC(=O)N(C)CCc1ccc(Br)s1. The Hall–Kier alpha value is -0.390. The Labute approximate surface area is 109 Å². The van der Waals surface area contributed by atoms with Crippen LogP contribution in [0.5, 0.6) is 0 Å². The lowest BCUT2D eigenvalue weighted by Gasteiger charge is -2.17. The van der Waals surface area contributed by atoms with E-state index in [1.165, 1.54) is 4.88 Å². The van der Waals surface area contributed by atoms with Gasteiger partial charge in [0.15, 0.2) is 0 Å². The number of carbonyl (C=O) groups excluding carboxylic acids is 1. The van der Waals surface area contributed by atoms with Crippen LogP contribution in [0.1, 0.15) is 18.2 Å². The van der Waals surface area contributed by atoms with Crippen molar-refractivity contribution in [1.82, 2.24) is 4.90 Å². The van der Waals surface area contributed by atoms with Gasteiger partial charge in [-0.1, -0.05) is 0 Å². The molecule has 0 aliphatic heterocycles. The van der Waals surface area contributed by atoms with Crippen molar-refractivity contribution in [3.05, 3.63) is 20.8 Å². The second-order valence-corrected chi connectivity index (χ2v) is 6.50. The van der Waals surface area contributed by atoms with Crippen molar-refractivity contribution < 1.29 is 4.79 Å². The van der Waals surface area contributed by atoms with Gasteiger partial charge in [-0.15, -0.1) is 11.3 Å². The minimum Gasteiger partial charge on any atom is -0.345 e. The van der Waals surface area contributed by atoms with Gasteiger partial charge in [-0.3, -0.25) is 4.79 Å². The first-order valence-electron chi connectivity index (χ1n) is 5.23. The van der Waals surface area contributed by atoms with E-state index in [0.29, 0.717) is 6.42 Å². The largest absolute Gasteiger partial charge is 0.345 e. The van der Waals surface area contributed by atoms with Crippen LogP contribution in [0.2, 0.25) is 0 Å². The van der Waals surface area contributed by atoms with Crippen LogP contribution in [0.3, 0.4) is 0 Å². The quantitative estimate of drug-likeness (QED) is 0.907. The lowest BCUT2D eigenvalue weighted by atomic mass is 10.2. The number of carbonyl (C=O) groups is 1. The maximum Gasteiger partial charge on any atom is 0.223 e. The summed E-state index contributed by atoms with van der Waals surface area (Å²) in [6.45, 7) is 2.60. The van der Waals surface area contributed by atoms with Gasteiger partial charge in [0.1, 0.15) is 0 Å². The highest BCUT2D eigenvalue weighted by Crippen LogP contribution is 2.22. The number of thiophene rings is 1. The molecule has 0 radical (unpaired) electrons. The molecule has 0 aromatic carbocycles. The Morgan fingerprint density at radius 1 is 1.62 bits per heavy atom. The Bertz CT molecular complexity index is 352. The van der Waals surface area contributed by atoms with Crippen LogP contribution >= 0.6 is 27.3 Å². The van der Waals surface area contributed by atoms with Gasteiger partial charge in [0, 0.05) is 30.9 Å². The summed E-state index contributed by atoms with van der Waals surface area (Å²) in [7, 11) is 1.83. The van der Waals surface area contributed by atoms with Crippen molar-refractivity contribution in [2.75, 3.05) is 13.6 Å². The highest BCUT2D eigenvalue weighted by Gasteiger charge is 2.10. The van der Waals surface area contributed by atoms with E-state index >= 15 is 0 Å². The van der Waals surface area contributed by atoms with E-state index in [1.54, 1.807) is 16.2 Å². The van der Waals surface area contributed by atoms with Gasteiger partial charge in [0.05, 0.1) is 3.79 Å². The van der Waals surface area contributed by atoms with Gasteiger partial charge in [-0.2, -0.15) is 0 Å². The first-order chi connectivity index (χ1) is 7.49. The van der Waals surface area contributed by atoms with E-state index in [4.69, 9.17) is 5.73 Å². The smallest absolute Gasteiger partial charge is 0.223 e. The normalized spacial score (nSPS) is 12.5. The minimum atomic E-state index is -0.0640. The Morgan fingerprint density at radius 3 is 2.81 bits per heavy atom. The standard InChI is InChI=1S/C11H17BrN2OS/c1-8(13)7-11(15)14(2)6-5-9-3-4-10(12)16-9/h3-4,8H,5-7,13H2,1-2H3. The molecular formula is C11H17BrN2OS. The summed E-state index contributed by atoms with van der Waals surface area (Å²) in [5.41, 5.74) is 5.59. The molecule has 1 aromatic heterocycles. The van der Waals surface area contributed by atoms with Crippen LogP contribution in [-0.2, 0) is 11.2 Å². The van der Waals surface area contributed by atoms with Crippen molar-refractivity contribution in [2.45, 2.75) is 25.8 Å². The lowest BCUT2D eigenvalue weighted by Crippen LogP contribution is -2.33. The number of nitrogens with zero attached hydrogens (tertiary/aromatic N) is 1. The zero-order valence-corrected chi connectivity index (χ0v) is 12.0. The zero-order valence-electron chi connectivity index (χ0n) is 9.57. The van der Waals surface area contributed by atoms with Crippen LogP contribution in [0.25, 0.3) is 0 Å². The molecule has 5 heteroatoms. The molecule has 0 spiro atoms. The molecule has 0 fully saturated rings. The molecule has 0 aliphatic rings. The molecule has 0 saturated carbocycles. The van der Waals surface area contributed by atoms with Gasteiger partial charge >= 0.3 is 0 Å². The van der Waals surface area contributed by atoms with Crippen molar-refractivity contribution in [2.24, 2.45) is 5.73 Å². The molecule has 1 unspecified atom stereocenters. The third-order valence-electron chi connectivity index (χ3n) is 2.24. The van der Waals surface area contributed by atoms with Crippen LogP contribution in [0.4, 0.5) is 0 Å². The molecule has 1 atom stereocenters. The maximum absolute atomic E-state index is 11.6. The first kappa shape index (κ1) is 13.7. The van der Waals surface area contributed by atoms with Gasteiger partial charge in [0.2, 0.25) is 5.91 Å². The second-order valence-electron chi connectivity index (χ2n) is 3.95. The summed E-state index contributed by atoms with van der Waals surface area (Å²) in [5, 5.41) is 0. The van der Waals surface area contributed by atoms with Gasteiger partial charge in [0.25, 0.3) is 0 Å². The van der Waals surface area contributed by atoms with E-state index in [9.17, 15) is 4.79 Å². The summed E-state index contributed by atoms with van der Waals surface area (Å²) < 4.78 is 1.13. The molecule has 0 saturated heterocycles. The average Bonchev–Trinajstić information content (AvgIpc) is 2.59. The van der Waals surface area contributed by atoms with Crippen LogP contribution < -0.4 is 5.73 Å².